The Hall–Kier alpha value is 0. The van der Waals surface area contributed by atoms with Crippen LogP contribution in [0.1, 0.15) is 27.7 Å². The van der Waals surface area contributed by atoms with Crippen LogP contribution in [0.25, 0.3) is 0 Å². The van der Waals surface area contributed by atoms with E-state index in [0.29, 0.717) is 0 Å². The zero-order chi connectivity index (χ0) is 4.00. The lowest BCUT2D eigenvalue weighted by Crippen LogP contribution is -0.856. The SMILES string of the molecule is CC.CC. The summed E-state index contributed by atoms with van der Waals surface area (Å²) in [5.74, 6) is 0. The average Bonchev–Trinajstić information content (AvgIpc) is 1.50. The second-order valence-electron chi connectivity index (χ2n) is 0. The van der Waals surface area contributed by atoms with E-state index in [0.717, 1.165) is 0 Å². The van der Waals surface area contributed by atoms with Crippen molar-refractivity contribution in [3.63, 3.8) is 0 Å². The zero-order valence-corrected chi connectivity index (χ0v) is 4.00. The smallest absolute Gasteiger partial charge is 0.0683 e. The molecular weight excluding hydrogens is 48.0 g/mol. The molecule has 0 aromatic heterocycles. The maximum Gasteiger partial charge on any atom is -0.0683 e. The molecule has 0 aliphatic carbocycles. The highest BCUT2D eigenvalue weighted by Gasteiger charge is 0.934. The molecule has 0 unspecified atom stereocenters. The van der Waals surface area contributed by atoms with Gasteiger partial charge >= 0.3 is 0 Å². The molecule has 0 atom stereocenters. The number of hydrogen-bond donors (Lipinski definition) is 0. The van der Waals surface area contributed by atoms with Crippen LogP contribution in [-0.4, -0.2) is 0 Å². The van der Waals surface area contributed by atoms with Crippen molar-refractivity contribution in [3.05, 3.63) is 0 Å². The topological polar surface area (TPSA) is 0 Å². The van der Waals surface area contributed by atoms with Gasteiger partial charge in [0.25, 0.3) is 0 Å². The van der Waals surface area contributed by atoms with Crippen LogP contribution in [0.5, 0.6) is 0 Å². The fraction of sp³-hybridized carbons (Fsp3) is 1.00. The lowest BCUT2D eigenvalue weighted by molar-refractivity contribution is 1.50. The predicted molar refractivity (Wildman–Crippen MR) is 22.7 cm³/mol. The van der Waals surface area contributed by atoms with Crippen molar-refractivity contribution in [2.24, 2.45) is 0 Å². The first-order chi connectivity index (χ1) is 2.00. The van der Waals surface area contributed by atoms with Gasteiger partial charge in [-0.25, -0.2) is 0 Å². The van der Waals surface area contributed by atoms with E-state index in [1.54, 1.807) is 0 Å². The van der Waals surface area contributed by atoms with Crippen LogP contribution < -0.4 is 0 Å². The van der Waals surface area contributed by atoms with Crippen molar-refractivity contribution in [2.75, 3.05) is 0 Å². The number of rotatable bonds is 0. The van der Waals surface area contributed by atoms with Gasteiger partial charge in [-0.05, 0) is 0 Å². The Morgan fingerprint density at radius 1 is 0.500 bits per heavy atom. The molecule has 0 aromatic rings. The Bertz CT molecular complexity index is 0. The minimum absolute atomic E-state index is 2.00. The molecule has 0 saturated carbocycles. The lowest BCUT2D eigenvalue weighted by Gasteiger charge is -1.07. The van der Waals surface area contributed by atoms with Gasteiger partial charge in [0.2, 0.25) is 0 Å². The summed E-state index contributed by atoms with van der Waals surface area (Å²) in [6.07, 6.45) is 0. The Balaban J connectivity index is 0. The second-order valence-corrected chi connectivity index (χ2v) is 0. The summed E-state index contributed by atoms with van der Waals surface area (Å²) in [4.78, 5) is 0. The Morgan fingerprint density at radius 3 is 0.500 bits per heavy atom. The highest BCUT2D eigenvalue weighted by Crippen LogP contribution is 1.15. The van der Waals surface area contributed by atoms with Gasteiger partial charge in [0.05, 0.1) is 0 Å². The quantitative estimate of drug-likeness (QED) is 0.401. The summed E-state index contributed by atoms with van der Waals surface area (Å²) in [6.45, 7) is 8.00. The molecule has 0 amide bonds. The van der Waals surface area contributed by atoms with Crippen LogP contribution in [0.3, 0.4) is 0 Å². The molecule has 4 heavy (non-hydrogen) atoms. The third-order valence-electron chi connectivity index (χ3n) is 0. The predicted octanol–water partition coefficient (Wildman–Crippen LogP) is 2.05. The van der Waals surface area contributed by atoms with E-state index < -0.39 is 0 Å². The highest BCUT2D eigenvalue weighted by atomic mass is 13.0. The summed E-state index contributed by atoms with van der Waals surface area (Å²) in [5, 5.41) is 0. The van der Waals surface area contributed by atoms with Crippen LogP contribution in [0.2, 0.25) is 0 Å². The average molecular weight is 60.1 g/mol. The molecule has 0 heterocycles. The summed E-state index contributed by atoms with van der Waals surface area (Å²) >= 11 is 0. The maximum absolute atomic E-state index is 2.00. The van der Waals surface area contributed by atoms with Crippen LogP contribution in [0.4, 0.5) is 0 Å². The van der Waals surface area contributed by atoms with Crippen molar-refractivity contribution >= 4 is 0 Å². The van der Waals surface area contributed by atoms with Crippen LogP contribution >= 0.6 is 0 Å². The first-order valence-electron chi connectivity index (χ1n) is 2.00. The van der Waals surface area contributed by atoms with Gasteiger partial charge in [0.15, 0.2) is 0 Å². The molecule has 0 bridgehead atoms. The second kappa shape index (κ2) is 0. The highest BCUT2D eigenvalue weighted by molar-refractivity contribution is 3.51. The van der Waals surface area contributed by atoms with Crippen molar-refractivity contribution < 1.29 is 0 Å². The van der Waals surface area contributed by atoms with E-state index in [1.165, 1.54) is 0 Å². The van der Waals surface area contributed by atoms with E-state index in [1.807, 2.05) is 27.7 Å². The summed E-state index contributed by atoms with van der Waals surface area (Å²) in [5.41, 5.74) is 0. The van der Waals surface area contributed by atoms with Crippen molar-refractivity contribution in [3.8, 4) is 0 Å². The molecule has 0 nitrogen and oxygen atoms in total. The molecule has 0 spiro atoms. The summed E-state index contributed by atoms with van der Waals surface area (Å²) < 4.78 is 0. The van der Waals surface area contributed by atoms with E-state index >= 15 is 0 Å². The minimum atomic E-state index is 2.00. The molecule has 0 radical (unpaired) electrons. The molecule has 28 valence electrons. The Kier molecular flexibility index (Phi) is 0. The van der Waals surface area contributed by atoms with Crippen molar-refractivity contribution in [1.29, 1.82) is 0 Å². The van der Waals surface area contributed by atoms with Crippen molar-refractivity contribution in [2.45, 2.75) is 27.7 Å². The van der Waals surface area contributed by atoms with Gasteiger partial charge in [0.1, 0.15) is 0 Å². The summed E-state index contributed by atoms with van der Waals surface area (Å²) in [6, 6.07) is 0. The first kappa shape index (κ1) is 9.00. The third kappa shape index (κ3) is 0. The lowest BCUT2D eigenvalue weighted by atomic mass is 11.0. The van der Waals surface area contributed by atoms with Crippen LogP contribution in [0, 0.1) is 0 Å². The van der Waals surface area contributed by atoms with Gasteiger partial charge < -0.3 is 0 Å². The van der Waals surface area contributed by atoms with Crippen LogP contribution in [0.15, 0.2) is 0 Å². The van der Waals surface area contributed by atoms with Gasteiger partial charge in [-0.3, -0.25) is 0 Å². The largest absolute Gasteiger partial charge is 0.0683 e. The molecule has 0 N–H and O–H groups in total. The Morgan fingerprint density at radius 2 is 0.500 bits per heavy atom. The van der Waals surface area contributed by atoms with Gasteiger partial charge in [-0.1, -0.05) is 27.7 Å². The van der Waals surface area contributed by atoms with Gasteiger partial charge in [0, 0.05) is 0 Å². The Labute approximate surface area is 28.8 Å². The van der Waals surface area contributed by atoms with Gasteiger partial charge in [-0.15, -0.1) is 0 Å². The normalized spacial score (nSPS) is 3.00. The van der Waals surface area contributed by atoms with E-state index in [9.17, 15) is 0 Å². The van der Waals surface area contributed by atoms with E-state index in [2.05, 4.69) is 0 Å². The fourth-order valence-corrected chi connectivity index (χ4v) is 0. The molecular formula is C4H12. The zero-order valence-electron chi connectivity index (χ0n) is 4.00. The van der Waals surface area contributed by atoms with Gasteiger partial charge in [-0.2, -0.15) is 0 Å². The molecule has 0 fully saturated rings. The standard InChI is InChI=1S/2C2H6/c2*1-2/h2*1-2H3. The molecule has 0 aliphatic rings. The third-order valence-corrected chi connectivity index (χ3v) is 0. The fourth-order valence-electron chi connectivity index (χ4n) is 0. The molecule has 0 aromatic carbocycles. The maximum atomic E-state index is 2.00. The van der Waals surface area contributed by atoms with Crippen LogP contribution in [-0.2, 0) is 0 Å². The van der Waals surface area contributed by atoms with E-state index in [-0.39, 0.29) is 0 Å². The molecule has 0 aliphatic heterocycles. The number of hydrogen-bond acceptors (Lipinski definition) is 0. The monoisotopic (exact) mass is 60.1 g/mol. The summed E-state index contributed by atoms with van der Waals surface area (Å²) in [7, 11) is 0. The molecule has 0 rings (SSSR count). The molecule has 0 saturated heterocycles. The first-order valence-corrected chi connectivity index (χ1v) is 2.00. The minimum Gasteiger partial charge on any atom is -0.0683 e. The van der Waals surface area contributed by atoms with E-state index in [4.69, 9.17) is 0 Å². The molecule has 0 heteroatoms. The van der Waals surface area contributed by atoms with Crippen molar-refractivity contribution in [1.82, 2.24) is 0 Å².